The molecule has 0 aromatic rings. The van der Waals surface area contributed by atoms with E-state index in [9.17, 15) is 0 Å². The van der Waals surface area contributed by atoms with Gasteiger partial charge in [0.1, 0.15) is 0 Å². The van der Waals surface area contributed by atoms with Gasteiger partial charge in [-0.3, -0.25) is 0 Å². The van der Waals surface area contributed by atoms with E-state index in [4.69, 9.17) is 0 Å². The van der Waals surface area contributed by atoms with Gasteiger partial charge in [-0.15, -0.1) is 0 Å². The molecule has 2 aliphatic rings. The van der Waals surface area contributed by atoms with Crippen LogP contribution in [0, 0.1) is 0 Å². The fraction of sp³-hybridized carbons (Fsp3) is 1.00. The molecule has 0 unspecified atom stereocenters. The maximum atomic E-state index is 2.60. The van der Waals surface area contributed by atoms with Gasteiger partial charge in [-0.2, -0.15) is 0 Å². The summed E-state index contributed by atoms with van der Waals surface area (Å²) < 4.78 is 0. The average molecular weight is 342 g/mol. The zero-order chi connectivity index (χ0) is 18.0. The van der Waals surface area contributed by atoms with Crippen molar-refractivity contribution >= 4 is 0 Å². The second kappa shape index (κ2) is 17.7. The first-order chi connectivity index (χ1) is 11.6. The summed E-state index contributed by atoms with van der Waals surface area (Å²) in [6.45, 7) is 16.0. The second-order valence-electron chi connectivity index (χ2n) is 7.61. The van der Waals surface area contributed by atoms with Gasteiger partial charge in [0.2, 0.25) is 0 Å². The highest BCUT2D eigenvalue weighted by Gasteiger charge is 2.08. The lowest BCUT2D eigenvalue weighted by Gasteiger charge is -2.17. The minimum Gasteiger partial charge on any atom is -0.309 e. The first-order valence-corrected chi connectivity index (χ1v) is 10.7. The Balaban J connectivity index is 0.000000343. The minimum absolute atomic E-state index is 1.21. The van der Waals surface area contributed by atoms with Crippen LogP contribution in [0.25, 0.3) is 0 Å². The van der Waals surface area contributed by atoms with E-state index in [1.54, 1.807) is 0 Å². The molecular formula is C21H47N3. The molecule has 0 amide bonds. The van der Waals surface area contributed by atoms with Crippen LogP contribution in [-0.2, 0) is 0 Å². The van der Waals surface area contributed by atoms with Gasteiger partial charge in [0, 0.05) is 0 Å². The van der Waals surface area contributed by atoms with Crippen LogP contribution in [0.1, 0.15) is 78.6 Å². The fourth-order valence-electron chi connectivity index (χ4n) is 3.45. The van der Waals surface area contributed by atoms with E-state index in [2.05, 4.69) is 49.6 Å². The Morgan fingerprint density at radius 2 is 0.958 bits per heavy atom. The zero-order valence-electron chi connectivity index (χ0n) is 17.7. The molecule has 2 fully saturated rings. The molecule has 0 aliphatic carbocycles. The molecule has 2 saturated heterocycles. The molecule has 2 aliphatic heterocycles. The number of hydrogen-bond acceptors (Lipinski definition) is 3. The Kier molecular flexibility index (Phi) is 17.6. The Bertz CT molecular complexity index is 229. The molecule has 2 rings (SSSR count). The van der Waals surface area contributed by atoms with Crippen LogP contribution < -0.4 is 0 Å². The average Bonchev–Trinajstić information content (AvgIpc) is 2.92. The summed E-state index contributed by atoms with van der Waals surface area (Å²) in [5.41, 5.74) is 0. The maximum Gasteiger partial charge on any atom is -0.00183 e. The van der Waals surface area contributed by atoms with Gasteiger partial charge in [0.05, 0.1) is 0 Å². The van der Waals surface area contributed by atoms with E-state index in [0.717, 1.165) is 0 Å². The second-order valence-corrected chi connectivity index (χ2v) is 7.61. The summed E-state index contributed by atoms with van der Waals surface area (Å²) in [5, 5.41) is 0. The van der Waals surface area contributed by atoms with Gasteiger partial charge < -0.3 is 14.7 Å². The predicted octanol–water partition coefficient (Wildman–Crippen LogP) is 4.72. The van der Waals surface area contributed by atoms with E-state index < -0.39 is 0 Å². The van der Waals surface area contributed by atoms with Crippen LogP contribution in [0.3, 0.4) is 0 Å². The molecule has 24 heavy (non-hydrogen) atoms. The summed E-state index contributed by atoms with van der Waals surface area (Å²) in [7, 11) is 4.17. The summed E-state index contributed by atoms with van der Waals surface area (Å²) >= 11 is 0. The van der Waals surface area contributed by atoms with Crippen molar-refractivity contribution in [2.24, 2.45) is 0 Å². The Hall–Kier alpha value is -0.120. The molecule has 0 atom stereocenters. The molecule has 3 heteroatoms. The van der Waals surface area contributed by atoms with Crippen LogP contribution >= 0.6 is 0 Å². The Morgan fingerprint density at radius 3 is 1.21 bits per heavy atom. The normalized spacial score (nSPS) is 19.2. The van der Waals surface area contributed by atoms with Crippen molar-refractivity contribution in [1.29, 1.82) is 0 Å². The number of nitrogens with zero attached hydrogens (tertiary/aromatic N) is 3. The third-order valence-electron chi connectivity index (χ3n) is 4.65. The topological polar surface area (TPSA) is 9.72 Å². The largest absolute Gasteiger partial charge is 0.309 e. The van der Waals surface area contributed by atoms with E-state index in [1.807, 2.05) is 0 Å². The standard InChI is InChI=1S/C9H19N.C7H15N.C5H13N/c1-2-7-10-8-5-3-4-6-9-10;1-2-5-8-6-3-4-7-8;1-4-5-6(2)3/h2-9H2,1H3;2-7H2,1H3;4-5H2,1-3H3. The quantitative estimate of drug-likeness (QED) is 0.692. The van der Waals surface area contributed by atoms with Gasteiger partial charge in [0.15, 0.2) is 0 Å². The molecule has 146 valence electrons. The third kappa shape index (κ3) is 15.4. The predicted molar refractivity (Wildman–Crippen MR) is 110 cm³/mol. The molecule has 0 saturated carbocycles. The highest BCUT2D eigenvalue weighted by Crippen LogP contribution is 2.09. The van der Waals surface area contributed by atoms with Crippen molar-refractivity contribution in [3.05, 3.63) is 0 Å². The number of likely N-dealkylation sites (tertiary alicyclic amines) is 2. The smallest absolute Gasteiger partial charge is 0.00183 e. The molecule has 0 spiro atoms. The summed E-state index contributed by atoms with van der Waals surface area (Å²) in [6.07, 6.45) is 12.5. The minimum atomic E-state index is 1.21. The van der Waals surface area contributed by atoms with Crippen LogP contribution in [0.2, 0.25) is 0 Å². The van der Waals surface area contributed by atoms with Crippen molar-refractivity contribution in [2.45, 2.75) is 78.6 Å². The van der Waals surface area contributed by atoms with E-state index >= 15 is 0 Å². The first-order valence-electron chi connectivity index (χ1n) is 10.7. The number of rotatable bonds is 6. The van der Waals surface area contributed by atoms with Gasteiger partial charge in [0.25, 0.3) is 0 Å². The highest BCUT2D eigenvalue weighted by atomic mass is 15.1. The van der Waals surface area contributed by atoms with Crippen molar-refractivity contribution in [3.63, 3.8) is 0 Å². The third-order valence-corrected chi connectivity index (χ3v) is 4.65. The van der Waals surface area contributed by atoms with Crippen LogP contribution in [0.4, 0.5) is 0 Å². The van der Waals surface area contributed by atoms with Crippen LogP contribution in [0.15, 0.2) is 0 Å². The molecule has 0 aromatic carbocycles. The van der Waals surface area contributed by atoms with Gasteiger partial charge in [-0.1, -0.05) is 33.6 Å². The van der Waals surface area contributed by atoms with Crippen LogP contribution in [-0.4, -0.2) is 74.6 Å². The number of hydrogen-bond donors (Lipinski definition) is 0. The van der Waals surface area contributed by atoms with Crippen molar-refractivity contribution < 1.29 is 0 Å². The van der Waals surface area contributed by atoms with Crippen molar-refractivity contribution in [3.8, 4) is 0 Å². The molecule has 3 nitrogen and oxygen atoms in total. The Morgan fingerprint density at radius 1 is 0.583 bits per heavy atom. The van der Waals surface area contributed by atoms with Gasteiger partial charge >= 0.3 is 0 Å². The van der Waals surface area contributed by atoms with Crippen molar-refractivity contribution in [1.82, 2.24) is 14.7 Å². The molecular weight excluding hydrogens is 294 g/mol. The lowest BCUT2D eigenvalue weighted by Crippen LogP contribution is -2.25. The molecule has 0 N–H and O–H groups in total. The molecule has 0 aromatic heterocycles. The van der Waals surface area contributed by atoms with E-state index in [0.29, 0.717) is 0 Å². The van der Waals surface area contributed by atoms with E-state index in [1.165, 1.54) is 104 Å². The van der Waals surface area contributed by atoms with Gasteiger partial charge in [-0.05, 0) is 105 Å². The lowest BCUT2D eigenvalue weighted by molar-refractivity contribution is 0.286. The maximum absolute atomic E-state index is 2.60. The summed E-state index contributed by atoms with van der Waals surface area (Å²) in [6, 6.07) is 0. The van der Waals surface area contributed by atoms with E-state index in [-0.39, 0.29) is 0 Å². The van der Waals surface area contributed by atoms with Crippen LogP contribution in [0.5, 0.6) is 0 Å². The molecule has 0 bridgehead atoms. The summed E-state index contributed by atoms with van der Waals surface area (Å²) in [4.78, 5) is 7.33. The highest BCUT2D eigenvalue weighted by molar-refractivity contribution is 4.64. The SMILES string of the molecule is CCCN(C)C.CCCN1CCCC1.CCCN1CCCCCC1. The van der Waals surface area contributed by atoms with Crippen molar-refractivity contribution in [2.75, 3.05) is 59.9 Å². The monoisotopic (exact) mass is 341 g/mol. The fourth-order valence-corrected chi connectivity index (χ4v) is 3.45. The zero-order valence-corrected chi connectivity index (χ0v) is 17.7. The molecule has 0 radical (unpaired) electrons. The van der Waals surface area contributed by atoms with Gasteiger partial charge in [-0.25, -0.2) is 0 Å². The first kappa shape index (κ1) is 23.9. The molecule has 2 heterocycles. The summed E-state index contributed by atoms with van der Waals surface area (Å²) in [5.74, 6) is 0. The Labute approximate surface area is 153 Å². The lowest BCUT2D eigenvalue weighted by atomic mass is 10.2.